The fourth-order valence-corrected chi connectivity index (χ4v) is 7.54. The highest BCUT2D eigenvalue weighted by Crippen LogP contribution is 2.53. The Kier molecular flexibility index (Phi) is 6.58. The Hall–Kier alpha value is -4.15. The van der Waals surface area contributed by atoms with E-state index in [1.807, 2.05) is 49.4 Å². The molecule has 0 bridgehead atoms. The molecule has 1 fully saturated rings. The minimum atomic E-state index is -0.659. The lowest BCUT2D eigenvalue weighted by atomic mass is 9.83. The number of thioether (sulfide) groups is 1. The lowest BCUT2D eigenvalue weighted by molar-refractivity contribution is -0.122. The van der Waals surface area contributed by atoms with Crippen LogP contribution in [0.3, 0.4) is 0 Å². The molecule has 6 rings (SSSR count). The molecule has 0 unspecified atom stereocenters. The number of para-hydroxylation sites is 2. The number of hydrogen-bond donors (Lipinski definition) is 2. The van der Waals surface area contributed by atoms with Crippen LogP contribution in [0.5, 0.6) is 5.75 Å². The van der Waals surface area contributed by atoms with Crippen LogP contribution in [0.25, 0.3) is 0 Å². The molecule has 2 N–H and O–H groups in total. The number of amides is 3. The maximum absolute atomic E-state index is 13.7. The Morgan fingerprint density at radius 1 is 0.949 bits per heavy atom. The Morgan fingerprint density at radius 2 is 1.67 bits per heavy atom. The maximum atomic E-state index is 13.7. The van der Waals surface area contributed by atoms with E-state index in [1.54, 1.807) is 36.4 Å². The third-order valence-electron chi connectivity index (χ3n) is 6.87. The first-order chi connectivity index (χ1) is 18.9. The molecule has 2 aliphatic rings. The van der Waals surface area contributed by atoms with E-state index in [1.165, 1.54) is 16.7 Å². The summed E-state index contributed by atoms with van der Waals surface area (Å²) in [5.74, 6) is -1.50. The normalized spacial score (nSPS) is 19.9. The van der Waals surface area contributed by atoms with E-state index in [4.69, 9.17) is 4.74 Å². The van der Waals surface area contributed by atoms with Gasteiger partial charge in [-0.15, -0.1) is 0 Å². The first-order valence-corrected chi connectivity index (χ1v) is 14.0. The van der Waals surface area contributed by atoms with E-state index in [9.17, 15) is 19.2 Å². The van der Waals surface area contributed by atoms with Gasteiger partial charge >= 0.3 is 4.87 Å². The summed E-state index contributed by atoms with van der Waals surface area (Å²) in [4.78, 5) is 56.4. The van der Waals surface area contributed by atoms with Crippen LogP contribution in [-0.4, -0.2) is 34.6 Å². The van der Waals surface area contributed by atoms with Gasteiger partial charge < -0.3 is 15.0 Å². The third kappa shape index (κ3) is 4.66. The van der Waals surface area contributed by atoms with Gasteiger partial charge in [0.2, 0.25) is 11.8 Å². The number of nitrogens with one attached hydrogen (secondary N) is 2. The van der Waals surface area contributed by atoms with Gasteiger partial charge in [0.15, 0.2) is 6.61 Å². The van der Waals surface area contributed by atoms with Crippen molar-refractivity contribution in [1.29, 1.82) is 0 Å². The van der Waals surface area contributed by atoms with Crippen molar-refractivity contribution in [2.45, 2.75) is 23.1 Å². The molecule has 3 amide bonds. The Labute approximate surface area is 232 Å². The van der Waals surface area contributed by atoms with Crippen molar-refractivity contribution in [1.82, 2.24) is 4.98 Å². The number of aromatic amines is 1. The molecule has 4 aromatic rings. The summed E-state index contributed by atoms with van der Waals surface area (Å²) in [7, 11) is 0. The first kappa shape index (κ1) is 25.1. The van der Waals surface area contributed by atoms with Crippen molar-refractivity contribution in [3.63, 3.8) is 0 Å². The lowest BCUT2D eigenvalue weighted by Gasteiger charge is -2.29. The van der Waals surface area contributed by atoms with Crippen molar-refractivity contribution >= 4 is 52.2 Å². The zero-order chi connectivity index (χ0) is 27.1. The molecular weight excluding hydrogens is 534 g/mol. The van der Waals surface area contributed by atoms with E-state index < -0.39 is 17.1 Å². The minimum Gasteiger partial charge on any atom is -0.484 e. The number of imide groups is 1. The van der Waals surface area contributed by atoms with Crippen LogP contribution in [-0.2, 0) is 14.4 Å². The number of thiazole rings is 1. The highest BCUT2D eigenvalue weighted by Gasteiger charge is 2.56. The van der Waals surface area contributed by atoms with Crippen LogP contribution in [0.2, 0.25) is 0 Å². The quantitative estimate of drug-likeness (QED) is 0.337. The number of hydrogen-bond acceptors (Lipinski definition) is 7. The summed E-state index contributed by atoms with van der Waals surface area (Å²) < 4.78 is 5.70. The summed E-state index contributed by atoms with van der Waals surface area (Å²) in [6.07, 6.45) is 0. The molecule has 0 saturated carbocycles. The first-order valence-electron chi connectivity index (χ1n) is 12.3. The molecule has 2 aliphatic heterocycles. The molecule has 0 aliphatic carbocycles. The lowest BCUT2D eigenvalue weighted by Crippen LogP contribution is -2.32. The SMILES string of the molecule is Cc1ccccc1NC(=O)COc1ccc([C@@H]2c3sc(=O)[nH]c3S[C@H]3C(=O)N(c4ccccc4)C(=O)[C@@H]23)cc1. The van der Waals surface area contributed by atoms with E-state index >= 15 is 0 Å². The summed E-state index contributed by atoms with van der Waals surface area (Å²) in [6.45, 7) is 1.75. The predicted molar refractivity (Wildman–Crippen MR) is 151 cm³/mol. The second kappa shape index (κ2) is 10.2. The number of anilines is 2. The number of aromatic nitrogens is 1. The van der Waals surface area contributed by atoms with Crippen molar-refractivity contribution in [2.75, 3.05) is 16.8 Å². The smallest absolute Gasteiger partial charge is 0.305 e. The van der Waals surface area contributed by atoms with Crippen molar-refractivity contribution in [3.05, 3.63) is 105 Å². The number of rotatable bonds is 6. The van der Waals surface area contributed by atoms with Crippen molar-refractivity contribution in [3.8, 4) is 5.75 Å². The average molecular weight is 558 g/mol. The van der Waals surface area contributed by atoms with Gasteiger partial charge in [0.05, 0.1) is 16.6 Å². The zero-order valence-electron chi connectivity index (χ0n) is 20.7. The Bertz CT molecular complexity index is 1630. The van der Waals surface area contributed by atoms with Gasteiger partial charge in [-0.1, -0.05) is 71.6 Å². The van der Waals surface area contributed by atoms with Gasteiger partial charge in [-0.3, -0.25) is 19.2 Å². The number of fused-ring (bicyclic) bond motifs is 2. The van der Waals surface area contributed by atoms with Crippen LogP contribution in [0.15, 0.2) is 88.7 Å². The highest BCUT2D eigenvalue weighted by molar-refractivity contribution is 8.00. The molecule has 10 heteroatoms. The zero-order valence-corrected chi connectivity index (χ0v) is 22.4. The van der Waals surface area contributed by atoms with Crippen LogP contribution >= 0.6 is 23.1 Å². The molecule has 39 heavy (non-hydrogen) atoms. The van der Waals surface area contributed by atoms with Crippen LogP contribution in [0.1, 0.15) is 21.9 Å². The standard InChI is InChI=1S/C29H23N3O5S2/c1-16-7-5-6-10-20(16)30-21(33)15-37-19-13-11-17(12-14-19)22-23-25(38-26-24(22)39-29(36)31-26)28(35)32(27(23)34)18-8-3-2-4-9-18/h2-14,22-23,25H,15H2,1H3,(H,30,33)(H,31,36)/t22-,23-,25+/m0/s1. The number of H-pyrrole nitrogens is 1. The molecule has 3 heterocycles. The third-order valence-corrected chi connectivity index (χ3v) is 9.27. The Morgan fingerprint density at radius 3 is 2.41 bits per heavy atom. The van der Waals surface area contributed by atoms with Crippen LogP contribution < -0.4 is 19.8 Å². The fourth-order valence-electron chi connectivity index (χ4n) is 5.03. The Balaban J connectivity index is 1.24. The van der Waals surface area contributed by atoms with Crippen LogP contribution in [0, 0.1) is 12.8 Å². The minimum absolute atomic E-state index is 0.166. The van der Waals surface area contributed by atoms with E-state index in [2.05, 4.69) is 10.3 Å². The molecular formula is C29H23N3O5S2. The second-order valence-corrected chi connectivity index (χ2v) is 11.5. The van der Waals surface area contributed by atoms with Gasteiger partial charge in [-0.05, 0) is 48.4 Å². The molecule has 0 radical (unpaired) electrons. The number of nitrogens with zero attached hydrogens (tertiary/aromatic N) is 1. The summed E-state index contributed by atoms with van der Waals surface area (Å²) in [5, 5.41) is 2.81. The number of benzene rings is 3. The molecule has 0 spiro atoms. The number of carbonyl (C=O) groups excluding carboxylic acids is 3. The average Bonchev–Trinajstić information content (AvgIpc) is 3.43. The molecule has 1 aromatic heterocycles. The van der Waals surface area contributed by atoms with Gasteiger partial charge in [-0.25, -0.2) is 4.90 Å². The van der Waals surface area contributed by atoms with Crippen molar-refractivity contribution < 1.29 is 19.1 Å². The molecule has 196 valence electrons. The highest BCUT2D eigenvalue weighted by atomic mass is 32.2. The summed E-state index contributed by atoms with van der Waals surface area (Å²) in [5.41, 5.74) is 3.00. The molecule has 3 atom stereocenters. The summed E-state index contributed by atoms with van der Waals surface area (Å²) >= 11 is 2.31. The van der Waals surface area contributed by atoms with Gasteiger partial charge in [0.1, 0.15) is 11.0 Å². The van der Waals surface area contributed by atoms with E-state index in [0.29, 0.717) is 16.5 Å². The monoisotopic (exact) mass is 557 g/mol. The van der Waals surface area contributed by atoms with Gasteiger partial charge in [-0.2, -0.15) is 0 Å². The topological polar surface area (TPSA) is 109 Å². The van der Waals surface area contributed by atoms with E-state index in [-0.39, 0.29) is 29.2 Å². The molecule has 1 saturated heterocycles. The molecule has 3 aromatic carbocycles. The van der Waals surface area contributed by atoms with Crippen molar-refractivity contribution in [2.24, 2.45) is 5.92 Å². The second-order valence-electron chi connectivity index (χ2n) is 9.32. The largest absolute Gasteiger partial charge is 0.484 e. The van der Waals surface area contributed by atoms with Crippen LogP contribution in [0.4, 0.5) is 11.4 Å². The summed E-state index contributed by atoms with van der Waals surface area (Å²) in [6, 6.07) is 23.5. The molecule has 8 nitrogen and oxygen atoms in total. The maximum Gasteiger partial charge on any atom is 0.305 e. The van der Waals surface area contributed by atoms with Gasteiger partial charge in [0.25, 0.3) is 5.91 Å². The van der Waals surface area contributed by atoms with Gasteiger partial charge in [0, 0.05) is 16.5 Å². The fraction of sp³-hybridized carbons (Fsp3) is 0.172. The predicted octanol–water partition coefficient (Wildman–Crippen LogP) is 4.56. The number of ether oxygens (including phenoxy) is 1. The number of carbonyl (C=O) groups is 3. The number of aryl methyl sites for hydroxylation is 1. The van der Waals surface area contributed by atoms with E-state index in [0.717, 1.165) is 33.0 Å².